The van der Waals surface area contributed by atoms with Crippen molar-refractivity contribution in [1.29, 1.82) is 0 Å². The molecule has 3 heteroatoms. The second-order valence-electron chi connectivity index (χ2n) is 4.26. The smallest absolute Gasteiger partial charge is 0.142 e. The predicted octanol–water partition coefficient (Wildman–Crippen LogP) is 2.78. The van der Waals surface area contributed by atoms with Gasteiger partial charge in [-0.1, -0.05) is 12.1 Å². The molecular formula is C12H16FNO. The van der Waals surface area contributed by atoms with Gasteiger partial charge in [0.25, 0.3) is 0 Å². The molecule has 0 bridgehead atoms. The van der Waals surface area contributed by atoms with Crippen molar-refractivity contribution in [2.45, 2.75) is 25.4 Å². The first kappa shape index (κ1) is 10.3. The highest BCUT2D eigenvalue weighted by Gasteiger charge is 2.27. The summed E-state index contributed by atoms with van der Waals surface area (Å²) in [6.07, 6.45) is 1.31. The van der Waals surface area contributed by atoms with Crippen LogP contribution < -0.4 is 10.1 Å². The van der Waals surface area contributed by atoms with Gasteiger partial charge < -0.3 is 10.1 Å². The van der Waals surface area contributed by atoms with Gasteiger partial charge in [0.2, 0.25) is 0 Å². The van der Waals surface area contributed by atoms with Gasteiger partial charge in [0.15, 0.2) is 0 Å². The molecule has 1 aromatic carbocycles. The minimum Gasteiger partial charge on any atom is -0.495 e. The Kier molecular flexibility index (Phi) is 2.55. The zero-order valence-corrected chi connectivity index (χ0v) is 9.14. The van der Waals surface area contributed by atoms with Crippen LogP contribution in [0.1, 0.15) is 18.9 Å². The maximum atomic E-state index is 13.8. The Morgan fingerprint density at radius 2 is 2.27 bits per heavy atom. The van der Waals surface area contributed by atoms with Crippen LogP contribution in [0.15, 0.2) is 18.2 Å². The third-order valence-electron chi connectivity index (χ3n) is 2.88. The summed E-state index contributed by atoms with van der Waals surface area (Å²) >= 11 is 0. The van der Waals surface area contributed by atoms with Crippen molar-refractivity contribution in [2.24, 2.45) is 0 Å². The lowest BCUT2D eigenvalue weighted by atomic mass is 10.0. The Morgan fingerprint density at radius 3 is 3.00 bits per heavy atom. The maximum absolute atomic E-state index is 13.8. The summed E-state index contributed by atoms with van der Waals surface area (Å²) in [4.78, 5) is 0. The van der Waals surface area contributed by atoms with Gasteiger partial charge in [0.1, 0.15) is 11.4 Å². The van der Waals surface area contributed by atoms with Crippen LogP contribution in [0.25, 0.3) is 0 Å². The third kappa shape index (κ3) is 2.06. The zero-order valence-electron chi connectivity index (χ0n) is 9.14. The number of methoxy groups -OCH3 is 1. The van der Waals surface area contributed by atoms with Crippen molar-refractivity contribution in [3.05, 3.63) is 23.8 Å². The topological polar surface area (TPSA) is 21.3 Å². The van der Waals surface area contributed by atoms with Gasteiger partial charge in [-0.3, -0.25) is 0 Å². The fourth-order valence-corrected chi connectivity index (χ4v) is 1.91. The molecule has 2 nitrogen and oxygen atoms in total. The zero-order chi connectivity index (χ0) is 10.9. The number of para-hydroxylation sites is 1. The summed E-state index contributed by atoms with van der Waals surface area (Å²) in [5, 5.41) is 3.13. The van der Waals surface area contributed by atoms with E-state index >= 15 is 0 Å². The van der Waals surface area contributed by atoms with E-state index in [0.717, 1.165) is 23.4 Å². The molecule has 0 spiro atoms. The molecule has 1 heterocycles. The van der Waals surface area contributed by atoms with E-state index in [0.29, 0.717) is 13.0 Å². The van der Waals surface area contributed by atoms with Gasteiger partial charge in [0, 0.05) is 6.54 Å². The second-order valence-corrected chi connectivity index (χ2v) is 4.26. The average Bonchev–Trinajstić information content (AvgIpc) is 2.38. The van der Waals surface area contributed by atoms with Crippen molar-refractivity contribution in [3.8, 4) is 5.75 Å². The molecule has 1 aliphatic heterocycles. The molecule has 0 radical (unpaired) electrons. The first-order valence-corrected chi connectivity index (χ1v) is 5.21. The lowest BCUT2D eigenvalue weighted by Crippen LogP contribution is -2.27. The van der Waals surface area contributed by atoms with Gasteiger partial charge in [-0.25, -0.2) is 4.39 Å². The molecule has 2 rings (SSSR count). The number of aryl methyl sites for hydroxylation is 1. The third-order valence-corrected chi connectivity index (χ3v) is 2.88. The Balaban J connectivity index is 2.35. The van der Waals surface area contributed by atoms with Gasteiger partial charge in [-0.2, -0.15) is 0 Å². The molecule has 1 aliphatic rings. The summed E-state index contributed by atoms with van der Waals surface area (Å²) in [5.74, 6) is 0.796. The van der Waals surface area contributed by atoms with E-state index in [1.54, 1.807) is 14.0 Å². The van der Waals surface area contributed by atoms with Crippen LogP contribution >= 0.6 is 0 Å². The van der Waals surface area contributed by atoms with Crippen LogP contribution in [0.3, 0.4) is 0 Å². The number of alkyl halides is 1. The highest BCUT2D eigenvalue weighted by molar-refractivity contribution is 5.63. The monoisotopic (exact) mass is 209 g/mol. The van der Waals surface area contributed by atoms with Gasteiger partial charge in [-0.05, 0) is 31.4 Å². The molecule has 0 fully saturated rings. The van der Waals surface area contributed by atoms with Gasteiger partial charge >= 0.3 is 0 Å². The molecule has 15 heavy (non-hydrogen) atoms. The summed E-state index contributed by atoms with van der Waals surface area (Å²) < 4.78 is 19.1. The van der Waals surface area contributed by atoms with Crippen LogP contribution in [0.5, 0.6) is 5.75 Å². The van der Waals surface area contributed by atoms with E-state index < -0.39 is 5.67 Å². The molecule has 0 aliphatic carbocycles. The summed E-state index contributed by atoms with van der Waals surface area (Å²) in [6.45, 7) is 1.98. The average molecular weight is 209 g/mol. The van der Waals surface area contributed by atoms with Crippen LogP contribution in [0.2, 0.25) is 0 Å². The summed E-state index contributed by atoms with van der Waals surface area (Å²) in [6, 6.07) is 5.86. The number of hydrogen-bond donors (Lipinski definition) is 1. The van der Waals surface area contributed by atoms with E-state index in [4.69, 9.17) is 4.74 Å². The Morgan fingerprint density at radius 1 is 1.47 bits per heavy atom. The molecule has 0 saturated carbocycles. The number of halogens is 1. The van der Waals surface area contributed by atoms with Crippen molar-refractivity contribution >= 4 is 5.69 Å². The fourth-order valence-electron chi connectivity index (χ4n) is 1.91. The quantitative estimate of drug-likeness (QED) is 0.768. The van der Waals surface area contributed by atoms with Gasteiger partial charge in [-0.15, -0.1) is 0 Å². The molecule has 0 saturated heterocycles. The van der Waals surface area contributed by atoms with Crippen molar-refractivity contribution in [3.63, 3.8) is 0 Å². The molecule has 1 N–H and O–H groups in total. The van der Waals surface area contributed by atoms with Crippen LogP contribution in [-0.2, 0) is 6.42 Å². The Hall–Kier alpha value is -1.25. The van der Waals surface area contributed by atoms with Crippen molar-refractivity contribution in [1.82, 2.24) is 0 Å². The number of anilines is 1. The van der Waals surface area contributed by atoms with E-state index in [1.165, 1.54) is 0 Å². The fraction of sp³-hybridized carbons (Fsp3) is 0.500. The Bertz CT molecular complexity index is 363. The van der Waals surface area contributed by atoms with Gasteiger partial charge in [0.05, 0.1) is 12.8 Å². The molecule has 1 atom stereocenters. The molecule has 1 unspecified atom stereocenters. The highest BCUT2D eigenvalue weighted by atomic mass is 19.1. The number of rotatable bonds is 1. The number of ether oxygens (including phenoxy) is 1. The van der Waals surface area contributed by atoms with Crippen LogP contribution in [-0.4, -0.2) is 19.3 Å². The number of benzene rings is 1. The first-order chi connectivity index (χ1) is 7.12. The normalized spacial score (nSPS) is 25.0. The van der Waals surface area contributed by atoms with Crippen LogP contribution in [0, 0.1) is 0 Å². The predicted molar refractivity (Wildman–Crippen MR) is 59.3 cm³/mol. The lowest BCUT2D eigenvalue weighted by molar-refractivity contribution is 0.195. The summed E-state index contributed by atoms with van der Waals surface area (Å²) in [7, 11) is 1.64. The molecule has 82 valence electrons. The Labute approximate surface area is 89.4 Å². The second kappa shape index (κ2) is 3.72. The number of fused-ring (bicyclic) bond motifs is 1. The molecular weight excluding hydrogens is 193 g/mol. The minimum absolute atomic E-state index is 0.348. The summed E-state index contributed by atoms with van der Waals surface area (Å²) in [5.41, 5.74) is 0.946. The van der Waals surface area contributed by atoms with Crippen molar-refractivity contribution in [2.75, 3.05) is 19.0 Å². The molecule has 1 aromatic rings. The van der Waals surface area contributed by atoms with Crippen LogP contribution in [0.4, 0.5) is 10.1 Å². The lowest BCUT2D eigenvalue weighted by Gasteiger charge is -2.17. The van der Waals surface area contributed by atoms with Crippen molar-refractivity contribution < 1.29 is 9.13 Å². The SMILES string of the molecule is COc1cccc2c1NCC(C)(F)CC2. The molecule has 0 aromatic heterocycles. The van der Waals surface area contributed by atoms with E-state index in [9.17, 15) is 4.39 Å². The maximum Gasteiger partial charge on any atom is 0.142 e. The largest absolute Gasteiger partial charge is 0.495 e. The number of hydrogen-bond acceptors (Lipinski definition) is 2. The van der Waals surface area contributed by atoms with E-state index in [1.807, 2.05) is 18.2 Å². The highest BCUT2D eigenvalue weighted by Crippen LogP contribution is 2.34. The molecule has 0 amide bonds. The standard InChI is InChI=1S/C12H16FNO/c1-12(13)7-6-9-4-3-5-10(15-2)11(9)14-8-12/h3-5,14H,6-8H2,1-2H3. The minimum atomic E-state index is -1.13. The van der Waals surface area contributed by atoms with E-state index in [2.05, 4.69) is 5.32 Å². The first-order valence-electron chi connectivity index (χ1n) is 5.21. The van der Waals surface area contributed by atoms with E-state index in [-0.39, 0.29) is 0 Å². The number of nitrogens with one attached hydrogen (secondary N) is 1.